The summed E-state index contributed by atoms with van der Waals surface area (Å²) in [5, 5.41) is 11.1. The Hall–Kier alpha value is -2.58. The van der Waals surface area contributed by atoms with Crippen molar-refractivity contribution >= 4 is 18.0 Å². The minimum atomic E-state index is -1.19. The van der Waals surface area contributed by atoms with Gasteiger partial charge in [0.05, 0.1) is 18.4 Å². The molecule has 25 heavy (non-hydrogen) atoms. The summed E-state index contributed by atoms with van der Waals surface area (Å²) in [5.74, 6) is 0.503. The van der Waals surface area contributed by atoms with E-state index in [1.54, 1.807) is 22.6 Å². The Labute approximate surface area is 145 Å². The summed E-state index contributed by atoms with van der Waals surface area (Å²) >= 11 is 0. The first kappa shape index (κ1) is 17.2. The molecule has 0 saturated carbocycles. The van der Waals surface area contributed by atoms with Crippen LogP contribution < -0.4 is 5.32 Å². The third-order valence-corrected chi connectivity index (χ3v) is 5.00. The van der Waals surface area contributed by atoms with Crippen LogP contribution in [-0.2, 0) is 11.3 Å². The minimum Gasteiger partial charge on any atom is -0.465 e. The Balaban J connectivity index is 1.58. The van der Waals surface area contributed by atoms with Gasteiger partial charge in [-0.05, 0) is 26.2 Å². The van der Waals surface area contributed by atoms with Crippen molar-refractivity contribution in [3.8, 4) is 0 Å². The minimum absolute atomic E-state index is 0.0474. The third kappa shape index (κ3) is 3.18. The number of likely N-dealkylation sites (tertiary alicyclic amines) is 1. The summed E-state index contributed by atoms with van der Waals surface area (Å²) < 4.78 is 1.64. The first-order valence-corrected chi connectivity index (χ1v) is 8.54. The van der Waals surface area contributed by atoms with E-state index in [1.807, 2.05) is 11.8 Å². The van der Waals surface area contributed by atoms with E-state index in [0.717, 1.165) is 5.69 Å². The summed E-state index contributed by atoms with van der Waals surface area (Å²) in [4.78, 5) is 43.5. The maximum Gasteiger partial charge on any atom is 0.405 e. The fourth-order valence-corrected chi connectivity index (χ4v) is 3.63. The van der Waals surface area contributed by atoms with Crippen LogP contribution in [0.5, 0.6) is 0 Å². The van der Waals surface area contributed by atoms with Crippen molar-refractivity contribution in [1.29, 1.82) is 0 Å². The standard InChI is InChI=1S/C16H23N5O4/c1-3-13(18-15(23)24)14(22)19-6-4-11(5-7-19)20-9-12-8-17-10(2)21(12)16(20)25/h8,11,13,18H,3-7,9H2,1-2H3,(H,23,24)/t13-/m1/s1. The third-order valence-electron chi connectivity index (χ3n) is 5.00. The number of carbonyl (C=O) groups is 3. The Morgan fingerprint density at radius 2 is 2.08 bits per heavy atom. The predicted molar refractivity (Wildman–Crippen MR) is 88.1 cm³/mol. The van der Waals surface area contributed by atoms with Crippen LogP contribution in [0.2, 0.25) is 0 Å². The van der Waals surface area contributed by atoms with E-state index in [2.05, 4.69) is 10.3 Å². The molecular weight excluding hydrogens is 326 g/mol. The average molecular weight is 349 g/mol. The first-order chi connectivity index (χ1) is 11.9. The smallest absolute Gasteiger partial charge is 0.405 e. The Bertz CT molecular complexity index is 693. The quantitative estimate of drug-likeness (QED) is 0.843. The zero-order chi connectivity index (χ0) is 18.1. The predicted octanol–water partition coefficient (Wildman–Crippen LogP) is 1.01. The Morgan fingerprint density at radius 1 is 1.40 bits per heavy atom. The van der Waals surface area contributed by atoms with E-state index in [4.69, 9.17) is 5.11 Å². The maximum atomic E-state index is 12.6. The summed E-state index contributed by atoms with van der Waals surface area (Å²) in [5.41, 5.74) is 0.901. The zero-order valence-corrected chi connectivity index (χ0v) is 14.4. The van der Waals surface area contributed by atoms with E-state index in [0.29, 0.717) is 44.7 Å². The average Bonchev–Trinajstić information content (AvgIpc) is 3.12. The van der Waals surface area contributed by atoms with E-state index < -0.39 is 12.1 Å². The molecule has 0 spiro atoms. The topological polar surface area (TPSA) is 108 Å². The van der Waals surface area contributed by atoms with Crippen LogP contribution in [0.4, 0.5) is 9.59 Å². The summed E-state index contributed by atoms with van der Waals surface area (Å²) in [6.07, 6.45) is 2.34. The molecule has 0 aromatic carbocycles. The number of carboxylic acid groups (broad SMARTS) is 1. The van der Waals surface area contributed by atoms with Crippen LogP contribution in [0.15, 0.2) is 6.20 Å². The van der Waals surface area contributed by atoms with Crippen molar-refractivity contribution in [2.75, 3.05) is 13.1 Å². The molecule has 2 N–H and O–H groups in total. The number of piperidine rings is 1. The molecule has 1 atom stereocenters. The molecular formula is C16H23N5O4. The van der Waals surface area contributed by atoms with Gasteiger partial charge in [0.2, 0.25) is 5.91 Å². The van der Waals surface area contributed by atoms with Crippen LogP contribution in [-0.4, -0.2) is 67.7 Å². The second kappa shape index (κ2) is 6.73. The van der Waals surface area contributed by atoms with Crippen molar-refractivity contribution < 1.29 is 19.5 Å². The summed E-state index contributed by atoms with van der Waals surface area (Å²) in [6.45, 7) is 5.19. The number of nitrogens with one attached hydrogen (secondary N) is 1. The van der Waals surface area contributed by atoms with E-state index in [1.165, 1.54) is 0 Å². The van der Waals surface area contributed by atoms with Gasteiger partial charge in [-0.25, -0.2) is 14.6 Å². The lowest BCUT2D eigenvalue weighted by molar-refractivity contribution is -0.134. The molecule has 3 heterocycles. The molecule has 1 aromatic rings. The molecule has 0 aliphatic carbocycles. The second-order valence-corrected chi connectivity index (χ2v) is 6.51. The highest BCUT2D eigenvalue weighted by atomic mass is 16.4. The molecule has 9 nitrogen and oxygen atoms in total. The van der Waals surface area contributed by atoms with Gasteiger partial charge in [-0.3, -0.25) is 9.36 Å². The van der Waals surface area contributed by atoms with Gasteiger partial charge in [-0.15, -0.1) is 0 Å². The Morgan fingerprint density at radius 3 is 2.64 bits per heavy atom. The molecule has 136 valence electrons. The van der Waals surface area contributed by atoms with Gasteiger partial charge >= 0.3 is 12.1 Å². The van der Waals surface area contributed by atoms with Crippen molar-refractivity contribution in [2.24, 2.45) is 0 Å². The van der Waals surface area contributed by atoms with Crippen LogP contribution in [0.25, 0.3) is 0 Å². The number of aromatic nitrogens is 2. The largest absolute Gasteiger partial charge is 0.465 e. The lowest BCUT2D eigenvalue weighted by Gasteiger charge is -2.37. The number of hydrogen-bond acceptors (Lipinski definition) is 4. The molecule has 9 heteroatoms. The zero-order valence-electron chi connectivity index (χ0n) is 14.4. The second-order valence-electron chi connectivity index (χ2n) is 6.51. The molecule has 1 fully saturated rings. The first-order valence-electron chi connectivity index (χ1n) is 8.54. The molecule has 3 rings (SSSR count). The highest BCUT2D eigenvalue weighted by molar-refractivity contribution is 5.85. The van der Waals surface area contributed by atoms with Gasteiger partial charge in [0, 0.05) is 19.1 Å². The summed E-state index contributed by atoms with van der Waals surface area (Å²) in [6, 6.07) is -0.672. The highest BCUT2D eigenvalue weighted by Crippen LogP contribution is 2.26. The maximum absolute atomic E-state index is 12.6. The van der Waals surface area contributed by atoms with Gasteiger partial charge in [0.25, 0.3) is 0 Å². The monoisotopic (exact) mass is 349 g/mol. The van der Waals surface area contributed by atoms with Crippen molar-refractivity contribution in [2.45, 2.75) is 51.7 Å². The number of imidazole rings is 1. The molecule has 2 aliphatic rings. The number of rotatable bonds is 4. The highest BCUT2D eigenvalue weighted by Gasteiger charge is 2.37. The number of hydrogen-bond donors (Lipinski definition) is 2. The van der Waals surface area contributed by atoms with Crippen molar-refractivity contribution in [3.63, 3.8) is 0 Å². The normalized spacial score (nSPS) is 19.0. The van der Waals surface area contributed by atoms with E-state index >= 15 is 0 Å². The van der Waals surface area contributed by atoms with E-state index in [-0.39, 0.29) is 18.0 Å². The van der Waals surface area contributed by atoms with Gasteiger partial charge in [-0.1, -0.05) is 6.92 Å². The fourth-order valence-electron chi connectivity index (χ4n) is 3.63. The summed E-state index contributed by atoms with van der Waals surface area (Å²) in [7, 11) is 0. The molecule has 1 saturated heterocycles. The SMILES string of the molecule is CC[C@@H](NC(=O)O)C(=O)N1CCC(N2Cc3cnc(C)n3C2=O)CC1. The van der Waals surface area contributed by atoms with Crippen LogP contribution in [0.1, 0.15) is 37.7 Å². The number of aryl methyl sites for hydroxylation is 1. The molecule has 1 aromatic heterocycles. The molecule has 2 aliphatic heterocycles. The van der Waals surface area contributed by atoms with Gasteiger partial charge in [0.15, 0.2) is 0 Å². The number of amides is 3. The lowest BCUT2D eigenvalue weighted by Crippen LogP contribution is -2.53. The van der Waals surface area contributed by atoms with Crippen LogP contribution >= 0.6 is 0 Å². The number of carbonyl (C=O) groups excluding carboxylic acids is 2. The molecule has 0 unspecified atom stereocenters. The Kier molecular flexibility index (Phi) is 4.65. The number of nitrogens with zero attached hydrogens (tertiary/aromatic N) is 4. The van der Waals surface area contributed by atoms with Crippen LogP contribution in [0, 0.1) is 6.92 Å². The molecule has 3 amide bonds. The molecule has 0 radical (unpaired) electrons. The molecule has 0 bridgehead atoms. The van der Waals surface area contributed by atoms with E-state index in [9.17, 15) is 14.4 Å². The van der Waals surface area contributed by atoms with Gasteiger partial charge < -0.3 is 20.2 Å². The lowest BCUT2D eigenvalue weighted by atomic mass is 10.0. The van der Waals surface area contributed by atoms with Gasteiger partial charge in [0.1, 0.15) is 11.9 Å². The van der Waals surface area contributed by atoms with Crippen molar-refractivity contribution in [1.82, 2.24) is 24.7 Å². The van der Waals surface area contributed by atoms with Crippen molar-refractivity contribution in [3.05, 3.63) is 17.7 Å². The fraction of sp³-hybridized carbons (Fsp3) is 0.625. The number of fused-ring (bicyclic) bond motifs is 1. The van der Waals surface area contributed by atoms with Gasteiger partial charge in [-0.2, -0.15) is 0 Å². The van der Waals surface area contributed by atoms with Crippen LogP contribution in [0.3, 0.4) is 0 Å².